The number of hydrogen-bond donors (Lipinski definition) is 1. The summed E-state index contributed by atoms with van der Waals surface area (Å²) in [5.41, 5.74) is 5.38. The summed E-state index contributed by atoms with van der Waals surface area (Å²) in [7, 11) is 0. The molecule has 0 fully saturated rings. The molecule has 0 aliphatic heterocycles. The number of anilines is 1. The molecule has 2 aromatic rings. The van der Waals surface area contributed by atoms with E-state index < -0.39 is 17.5 Å². The minimum Gasteiger partial charge on any atom is -0.397 e. The zero-order chi connectivity index (χ0) is 13.4. The highest BCUT2D eigenvalue weighted by molar-refractivity contribution is 6.33. The fraction of sp³-hybridized carbons (Fsp3) is 0.0769. The summed E-state index contributed by atoms with van der Waals surface area (Å²) in [6.07, 6.45) is 0. The zero-order valence-electron chi connectivity index (χ0n) is 9.40. The van der Waals surface area contributed by atoms with Gasteiger partial charge in [0.05, 0.1) is 16.3 Å². The predicted molar refractivity (Wildman–Crippen MR) is 65.9 cm³/mol. The van der Waals surface area contributed by atoms with Crippen LogP contribution in [-0.4, -0.2) is 0 Å². The van der Waals surface area contributed by atoms with E-state index in [-0.39, 0.29) is 27.4 Å². The van der Waals surface area contributed by atoms with Gasteiger partial charge in [0.2, 0.25) is 0 Å². The Morgan fingerprint density at radius 2 is 1.78 bits per heavy atom. The summed E-state index contributed by atoms with van der Waals surface area (Å²) >= 11 is 5.70. The summed E-state index contributed by atoms with van der Waals surface area (Å²) < 4.78 is 40.9. The van der Waals surface area contributed by atoms with Crippen LogP contribution in [0.15, 0.2) is 24.3 Å². The van der Waals surface area contributed by atoms with E-state index in [1.165, 1.54) is 13.0 Å². The van der Waals surface area contributed by atoms with Gasteiger partial charge in [-0.05, 0) is 30.7 Å². The van der Waals surface area contributed by atoms with Gasteiger partial charge in [-0.15, -0.1) is 0 Å². The van der Waals surface area contributed by atoms with Crippen molar-refractivity contribution in [2.24, 2.45) is 0 Å². The van der Waals surface area contributed by atoms with Crippen molar-refractivity contribution in [1.29, 1.82) is 0 Å². The van der Waals surface area contributed by atoms with E-state index in [0.717, 1.165) is 18.2 Å². The Kier molecular flexibility index (Phi) is 3.22. The Morgan fingerprint density at radius 1 is 1.11 bits per heavy atom. The molecule has 0 aliphatic carbocycles. The molecule has 2 N–H and O–H groups in total. The number of rotatable bonds is 1. The summed E-state index contributed by atoms with van der Waals surface area (Å²) in [4.78, 5) is 0. The zero-order valence-corrected chi connectivity index (χ0v) is 10.2. The van der Waals surface area contributed by atoms with Crippen LogP contribution in [0.2, 0.25) is 5.02 Å². The Hall–Kier alpha value is -1.68. The van der Waals surface area contributed by atoms with Gasteiger partial charge in [-0.3, -0.25) is 0 Å². The van der Waals surface area contributed by atoms with Crippen molar-refractivity contribution >= 4 is 17.3 Å². The van der Waals surface area contributed by atoms with E-state index in [0.29, 0.717) is 0 Å². The summed E-state index contributed by atoms with van der Waals surface area (Å²) in [6, 6.07) is 4.35. The molecule has 2 aromatic carbocycles. The lowest BCUT2D eigenvalue weighted by Crippen LogP contribution is -1.99. The van der Waals surface area contributed by atoms with Crippen LogP contribution in [0, 0.1) is 24.4 Å². The van der Waals surface area contributed by atoms with E-state index in [2.05, 4.69) is 0 Å². The van der Waals surface area contributed by atoms with Crippen molar-refractivity contribution in [2.45, 2.75) is 6.92 Å². The highest BCUT2D eigenvalue weighted by atomic mass is 35.5. The first kappa shape index (κ1) is 12.8. The number of halogens is 4. The predicted octanol–water partition coefficient (Wildman–Crippen LogP) is 4.31. The van der Waals surface area contributed by atoms with Crippen molar-refractivity contribution in [3.8, 4) is 11.1 Å². The topological polar surface area (TPSA) is 26.0 Å². The summed E-state index contributed by atoms with van der Waals surface area (Å²) in [5, 5.41) is -0.0784. The molecular weight excluding hydrogens is 263 g/mol. The van der Waals surface area contributed by atoms with Crippen molar-refractivity contribution in [2.75, 3.05) is 5.73 Å². The van der Waals surface area contributed by atoms with Crippen molar-refractivity contribution in [3.63, 3.8) is 0 Å². The van der Waals surface area contributed by atoms with Gasteiger partial charge in [-0.2, -0.15) is 0 Å². The number of hydrogen-bond acceptors (Lipinski definition) is 1. The van der Waals surface area contributed by atoms with Crippen LogP contribution < -0.4 is 5.73 Å². The third-order valence-electron chi connectivity index (χ3n) is 2.65. The average molecular weight is 272 g/mol. The number of aryl methyl sites for hydroxylation is 1. The number of nitrogens with two attached hydrogens (primary N) is 1. The molecule has 0 atom stereocenters. The lowest BCUT2D eigenvalue weighted by molar-refractivity contribution is 0.583. The van der Waals surface area contributed by atoms with Crippen LogP contribution in [-0.2, 0) is 0 Å². The van der Waals surface area contributed by atoms with Gasteiger partial charge in [-0.25, -0.2) is 13.2 Å². The maximum atomic E-state index is 13.9. The van der Waals surface area contributed by atoms with Crippen LogP contribution in [0.4, 0.5) is 18.9 Å². The summed E-state index contributed by atoms with van der Waals surface area (Å²) in [5.74, 6) is -2.29. The largest absolute Gasteiger partial charge is 0.397 e. The van der Waals surface area contributed by atoms with E-state index in [4.69, 9.17) is 17.3 Å². The van der Waals surface area contributed by atoms with Crippen molar-refractivity contribution in [3.05, 3.63) is 52.3 Å². The van der Waals surface area contributed by atoms with Gasteiger partial charge in [0.15, 0.2) is 0 Å². The molecule has 0 saturated carbocycles. The molecule has 0 radical (unpaired) electrons. The molecule has 94 valence electrons. The van der Waals surface area contributed by atoms with Crippen LogP contribution >= 0.6 is 11.6 Å². The Balaban J connectivity index is 2.81. The fourth-order valence-electron chi connectivity index (χ4n) is 1.70. The molecule has 0 heterocycles. The first-order valence-corrected chi connectivity index (χ1v) is 5.49. The number of nitrogen functional groups attached to an aromatic ring is 1. The maximum Gasteiger partial charge on any atom is 0.136 e. The Bertz CT molecular complexity index is 626. The molecule has 1 nitrogen and oxygen atoms in total. The lowest BCUT2D eigenvalue weighted by atomic mass is 10.00. The third kappa shape index (κ3) is 2.04. The van der Waals surface area contributed by atoms with Gasteiger partial charge in [0, 0.05) is 5.56 Å². The molecule has 18 heavy (non-hydrogen) atoms. The molecular formula is C13H9ClF3N. The van der Waals surface area contributed by atoms with E-state index in [1.807, 2.05) is 0 Å². The van der Waals surface area contributed by atoms with E-state index in [1.54, 1.807) is 0 Å². The smallest absolute Gasteiger partial charge is 0.136 e. The minimum absolute atomic E-state index is 0.0542. The average Bonchev–Trinajstić information content (AvgIpc) is 2.30. The summed E-state index contributed by atoms with van der Waals surface area (Å²) in [6.45, 7) is 1.48. The highest BCUT2D eigenvalue weighted by Crippen LogP contribution is 2.36. The standard InChI is InChI=1S/C13H9ClF3N/c1-6-2-3-10(16)11(12(6)17)8-4-7(15)5-9(14)13(8)18/h2-5H,18H2,1H3. The highest BCUT2D eigenvalue weighted by Gasteiger charge is 2.18. The molecule has 0 spiro atoms. The van der Waals surface area contributed by atoms with Crippen molar-refractivity contribution in [1.82, 2.24) is 0 Å². The quantitative estimate of drug-likeness (QED) is 0.768. The first-order chi connectivity index (χ1) is 8.41. The molecule has 0 unspecified atom stereocenters. The Labute approximate surface area is 107 Å². The van der Waals surface area contributed by atoms with Gasteiger partial charge in [-0.1, -0.05) is 17.7 Å². The second-order valence-corrected chi connectivity index (χ2v) is 4.31. The molecule has 0 amide bonds. The molecule has 2 rings (SSSR count). The van der Waals surface area contributed by atoms with Crippen LogP contribution in [0.5, 0.6) is 0 Å². The number of benzene rings is 2. The van der Waals surface area contributed by atoms with Crippen LogP contribution in [0.25, 0.3) is 11.1 Å². The van der Waals surface area contributed by atoms with Gasteiger partial charge < -0.3 is 5.73 Å². The third-order valence-corrected chi connectivity index (χ3v) is 2.96. The van der Waals surface area contributed by atoms with Gasteiger partial charge >= 0.3 is 0 Å². The van der Waals surface area contributed by atoms with E-state index >= 15 is 0 Å². The molecule has 0 aliphatic rings. The minimum atomic E-state index is -0.813. The SMILES string of the molecule is Cc1ccc(F)c(-c2cc(F)cc(Cl)c2N)c1F. The second kappa shape index (κ2) is 4.53. The lowest BCUT2D eigenvalue weighted by Gasteiger charge is -2.11. The first-order valence-electron chi connectivity index (χ1n) is 5.11. The maximum absolute atomic E-state index is 13.9. The molecule has 0 saturated heterocycles. The van der Waals surface area contributed by atoms with Crippen molar-refractivity contribution < 1.29 is 13.2 Å². The van der Waals surface area contributed by atoms with E-state index in [9.17, 15) is 13.2 Å². The van der Waals surface area contributed by atoms with Gasteiger partial charge in [0.1, 0.15) is 17.5 Å². The Morgan fingerprint density at radius 3 is 2.44 bits per heavy atom. The normalized spacial score (nSPS) is 10.7. The van der Waals surface area contributed by atoms with Crippen LogP contribution in [0.3, 0.4) is 0 Å². The molecule has 5 heteroatoms. The fourth-order valence-corrected chi connectivity index (χ4v) is 1.90. The van der Waals surface area contributed by atoms with Crippen LogP contribution in [0.1, 0.15) is 5.56 Å². The molecule has 0 aromatic heterocycles. The molecule has 0 bridgehead atoms. The monoisotopic (exact) mass is 271 g/mol. The second-order valence-electron chi connectivity index (χ2n) is 3.90. The van der Waals surface area contributed by atoms with Gasteiger partial charge in [0.25, 0.3) is 0 Å².